The number of carbonyl (C=O) groups is 2. The molecule has 0 radical (unpaired) electrons. The van der Waals surface area contributed by atoms with Crippen molar-refractivity contribution in [3.05, 3.63) is 0 Å². The van der Waals surface area contributed by atoms with E-state index in [1.54, 1.807) is 11.8 Å². The van der Waals surface area contributed by atoms with E-state index in [-0.39, 0.29) is 12.6 Å². The smallest absolute Gasteiger partial charge is 0.385 e. The Morgan fingerprint density at radius 2 is 2.12 bits per heavy atom. The monoisotopic (exact) mass is 255 g/mol. The standard InChI is InChI=1S/C9H12F3NO4/c1-6-4-13(2-3-16-6)5-7(14)17-8(15)9(10,11)12/h6H,2-5H2,1H3/t6-/m1/s1. The fraction of sp³-hybridized carbons (Fsp3) is 0.778. The SMILES string of the molecule is C[C@@H]1CN(CC(=O)OC(=O)C(F)(F)F)CCO1. The molecule has 1 aliphatic rings. The number of esters is 2. The molecule has 0 saturated carbocycles. The van der Waals surface area contributed by atoms with Crippen molar-refractivity contribution in [3.8, 4) is 0 Å². The molecule has 0 aromatic rings. The lowest BCUT2D eigenvalue weighted by Gasteiger charge is -2.29. The second kappa shape index (κ2) is 5.46. The molecule has 0 bridgehead atoms. The third-order valence-corrected chi connectivity index (χ3v) is 2.12. The first-order chi connectivity index (χ1) is 7.79. The van der Waals surface area contributed by atoms with E-state index >= 15 is 0 Å². The van der Waals surface area contributed by atoms with Gasteiger partial charge in [0.25, 0.3) is 0 Å². The molecule has 0 aliphatic carbocycles. The minimum atomic E-state index is -5.14. The zero-order chi connectivity index (χ0) is 13.1. The van der Waals surface area contributed by atoms with Crippen molar-refractivity contribution in [1.29, 1.82) is 0 Å². The van der Waals surface area contributed by atoms with E-state index in [1.165, 1.54) is 0 Å². The quantitative estimate of drug-likeness (QED) is 0.526. The van der Waals surface area contributed by atoms with Crippen molar-refractivity contribution in [1.82, 2.24) is 4.90 Å². The maximum absolute atomic E-state index is 11.8. The molecule has 1 rings (SSSR count). The number of halogens is 3. The van der Waals surface area contributed by atoms with Gasteiger partial charge in [0.1, 0.15) is 0 Å². The zero-order valence-electron chi connectivity index (χ0n) is 9.12. The van der Waals surface area contributed by atoms with Crippen LogP contribution in [0.2, 0.25) is 0 Å². The van der Waals surface area contributed by atoms with Crippen LogP contribution in [-0.2, 0) is 19.1 Å². The molecule has 98 valence electrons. The van der Waals surface area contributed by atoms with Gasteiger partial charge in [-0.2, -0.15) is 13.2 Å². The highest BCUT2D eigenvalue weighted by Crippen LogP contribution is 2.16. The van der Waals surface area contributed by atoms with Crippen LogP contribution in [0.1, 0.15) is 6.92 Å². The molecular formula is C9H12F3NO4. The number of nitrogens with zero attached hydrogens (tertiary/aromatic N) is 1. The second-order valence-corrected chi connectivity index (χ2v) is 3.68. The van der Waals surface area contributed by atoms with Gasteiger partial charge in [-0.1, -0.05) is 0 Å². The van der Waals surface area contributed by atoms with Crippen molar-refractivity contribution in [2.24, 2.45) is 0 Å². The maximum Gasteiger partial charge on any atom is 0.491 e. The number of alkyl halides is 3. The van der Waals surface area contributed by atoms with Crippen molar-refractivity contribution < 1.29 is 32.2 Å². The molecule has 5 nitrogen and oxygen atoms in total. The Bertz CT molecular complexity index is 305. The van der Waals surface area contributed by atoms with E-state index in [4.69, 9.17) is 4.74 Å². The summed E-state index contributed by atoms with van der Waals surface area (Å²) in [5.74, 6) is -3.69. The molecule has 0 N–H and O–H groups in total. The Hall–Kier alpha value is -1.15. The van der Waals surface area contributed by atoms with Crippen LogP contribution in [0.15, 0.2) is 0 Å². The number of rotatable bonds is 2. The van der Waals surface area contributed by atoms with Gasteiger partial charge in [-0.3, -0.25) is 9.69 Å². The first-order valence-corrected chi connectivity index (χ1v) is 4.95. The number of hydrogen-bond donors (Lipinski definition) is 0. The summed E-state index contributed by atoms with van der Waals surface area (Å²) >= 11 is 0. The average Bonchev–Trinajstić information content (AvgIpc) is 2.15. The van der Waals surface area contributed by atoms with Crippen LogP contribution in [0.5, 0.6) is 0 Å². The van der Waals surface area contributed by atoms with Gasteiger partial charge in [0.2, 0.25) is 0 Å². The third kappa shape index (κ3) is 4.70. The molecule has 17 heavy (non-hydrogen) atoms. The van der Waals surface area contributed by atoms with Gasteiger partial charge >= 0.3 is 18.1 Å². The fourth-order valence-corrected chi connectivity index (χ4v) is 1.41. The van der Waals surface area contributed by atoms with Gasteiger partial charge < -0.3 is 9.47 Å². The van der Waals surface area contributed by atoms with Crippen LogP contribution in [-0.4, -0.2) is 55.4 Å². The largest absolute Gasteiger partial charge is 0.491 e. The van der Waals surface area contributed by atoms with Crippen molar-refractivity contribution >= 4 is 11.9 Å². The van der Waals surface area contributed by atoms with Gasteiger partial charge in [-0.15, -0.1) is 0 Å². The Balaban J connectivity index is 2.37. The summed E-state index contributed by atoms with van der Waals surface area (Å²) < 4.78 is 44.2. The summed E-state index contributed by atoms with van der Waals surface area (Å²) in [7, 11) is 0. The van der Waals surface area contributed by atoms with Crippen molar-refractivity contribution in [2.75, 3.05) is 26.2 Å². The summed E-state index contributed by atoms with van der Waals surface area (Å²) in [6.45, 7) is 2.64. The summed E-state index contributed by atoms with van der Waals surface area (Å²) in [4.78, 5) is 23.0. The minimum Gasteiger partial charge on any atom is -0.385 e. The Morgan fingerprint density at radius 1 is 1.47 bits per heavy atom. The van der Waals surface area contributed by atoms with E-state index in [9.17, 15) is 22.8 Å². The molecule has 1 saturated heterocycles. The third-order valence-electron chi connectivity index (χ3n) is 2.12. The van der Waals surface area contributed by atoms with E-state index in [0.717, 1.165) is 0 Å². The normalized spacial score (nSPS) is 22.2. The first-order valence-electron chi connectivity index (χ1n) is 4.95. The zero-order valence-corrected chi connectivity index (χ0v) is 9.12. The molecule has 1 heterocycles. The van der Waals surface area contributed by atoms with Gasteiger partial charge in [-0.05, 0) is 6.92 Å². The summed E-state index contributed by atoms with van der Waals surface area (Å²) in [6, 6.07) is 0. The number of morpholine rings is 1. The minimum absolute atomic E-state index is 0.102. The molecule has 1 aliphatic heterocycles. The van der Waals surface area contributed by atoms with Crippen molar-refractivity contribution in [3.63, 3.8) is 0 Å². The molecule has 0 amide bonds. The second-order valence-electron chi connectivity index (χ2n) is 3.68. The first kappa shape index (κ1) is 13.9. The highest BCUT2D eigenvalue weighted by atomic mass is 19.4. The van der Waals surface area contributed by atoms with Gasteiger partial charge in [-0.25, -0.2) is 4.79 Å². The number of hydrogen-bond acceptors (Lipinski definition) is 5. The van der Waals surface area contributed by atoms with E-state index in [1.807, 2.05) is 0 Å². The molecule has 1 fully saturated rings. The lowest BCUT2D eigenvalue weighted by atomic mass is 10.3. The Kier molecular flexibility index (Phi) is 4.47. The summed E-state index contributed by atoms with van der Waals surface area (Å²) in [6.07, 6.45) is -5.25. The highest BCUT2D eigenvalue weighted by molar-refractivity contribution is 5.89. The summed E-state index contributed by atoms with van der Waals surface area (Å²) in [5.41, 5.74) is 0. The van der Waals surface area contributed by atoms with Crippen LogP contribution < -0.4 is 0 Å². The number of ether oxygens (including phenoxy) is 2. The molecule has 1 atom stereocenters. The fourth-order valence-electron chi connectivity index (χ4n) is 1.41. The predicted molar refractivity (Wildman–Crippen MR) is 49.0 cm³/mol. The van der Waals surface area contributed by atoms with Crippen LogP contribution in [0, 0.1) is 0 Å². The van der Waals surface area contributed by atoms with Crippen LogP contribution in [0.4, 0.5) is 13.2 Å². The molecule has 0 aromatic carbocycles. The molecule has 0 unspecified atom stereocenters. The topological polar surface area (TPSA) is 55.8 Å². The van der Waals surface area contributed by atoms with Gasteiger partial charge in [0.05, 0.1) is 19.3 Å². The van der Waals surface area contributed by atoms with E-state index in [0.29, 0.717) is 19.7 Å². The lowest BCUT2D eigenvalue weighted by Crippen LogP contribution is -2.44. The van der Waals surface area contributed by atoms with E-state index in [2.05, 4.69) is 4.74 Å². The van der Waals surface area contributed by atoms with E-state index < -0.39 is 18.1 Å². The molecule has 0 spiro atoms. The molecule has 0 aromatic heterocycles. The highest BCUT2D eigenvalue weighted by Gasteiger charge is 2.42. The predicted octanol–water partition coefficient (Wildman–Crippen LogP) is 0.339. The van der Waals surface area contributed by atoms with Crippen LogP contribution >= 0.6 is 0 Å². The number of carbonyl (C=O) groups excluding carboxylic acids is 2. The summed E-state index contributed by atoms with van der Waals surface area (Å²) in [5, 5.41) is 0. The average molecular weight is 255 g/mol. The Morgan fingerprint density at radius 3 is 2.65 bits per heavy atom. The van der Waals surface area contributed by atoms with Crippen LogP contribution in [0.25, 0.3) is 0 Å². The molecular weight excluding hydrogens is 243 g/mol. The van der Waals surface area contributed by atoms with Crippen molar-refractivity contribution in [2.45, 2.75) is 19.2 Å². The van der Waals surface area contributed by atoms with Gasteiger partial charge in [0, 0.05) is 13.1 Å². The van der Waals surface area contributed by atoms with Crippen LogP contribution in [0.3, 0.4) is 0 Å². The molecule has 8 heteroatoms. The maximum atomic E-state index is 11.8. The Labute approximate surface area is 95.5 Å². The van der Waals surface area contributed by atoms with Gasteiger partial charge in [0.15, 0.2) is 0 Å². The lowest BCUT2D eigenvalue weighted by molar-refractivity contribution is -0.202.